The Kier molecular flexibility index (Phi) is 4.37. The number of hydrogen-bond donors (Lipinski definition) is 1. The molecular weight excluding hydrogens is 294 g/mol. The van der Waals surface area contributed by atoms with Crippen molar-refractivity contribution in [2.45, 2.75) is 19.4 Å². The van der Waals surface area contributed by atoms with Crippen molar-refractivity contribution in [1.82, 2.24) is 5.32 Å². The highest BCUT2D eigenvalue weighted by Gasteiger charge is 2.13. The molecule has 0 fully saturated rings. The Balaban J connectivity index is 2.34. The molecule has 0 amide bonds. The number of halogens is 1. The minimum absolute atomic E-state index is 0.290. The number of benzene rings is 1. The van der Waals surface area contributed by atoms with Crippen molar-refractivity contribution >= 4 is 27.3 Å². The summed E-state index contributed by atoms with van der Waals surface area (Å²) in [6.45, 7) is 2.19. The maximum Gasteiger partial charge on any atom is 0.0702 e. The summed E-state index contributed by atoms with van der Waals surface area (Å²) in [5.41, 5.74) is 2.72. The van der Waals surface area contributed by atoms with E-state index in [-0.39, 0.29) is 6.04 Å². The van der Waals surface area contributed by atoms with Gasteiger partial charge in [-0.2, -0.15) is 0 Å². The molecule has 1 unspecified atom stereocenters. The summed E-state index contributed by atoms with van der Waals surface area (Å²) < 4.78 is 1.18. The van der Waals surface area contributed by atoms with Gasteiger partial charge >= 0.3 is 0 Å². The summed E-state index contributed by atoms with van der Waals surface area (Å²) in [6, 6.07) is 13.4. The van der Waals surface area contributed by atoms with Gasteiger partial charge in [0.05, 0.1) is 9.83 Å². The lowest BCUT2D eigenvalue weighted by atomic mass is 10.0. The first-order valence-corrected chi connectivity index (χ1v) is 7.37. The van der Waals surface area contributed by atoms with Crippen LogP contribution in [0.4, 0.5) is 0 Å². The highest BCUT2D eigenvalue weighted by molar-refractivity contribution is 9.11. The number of aryl methyl sites for hydroxylation is 1. The zero-order chi connectivity index (χ0) is 12.3. The van der Waals surface area contributed by atoms with Crippen molar-refractivity contribution in [3.8, 4) is 0 Å². The highest BCUT2D eigenvalue weighted by atomic mass is 79.9. The number of hydrogen-bond acceptors (Lipinski definition) is 2. The Labute approximate surface area is 115 Å². The van der Waals surface area contributed by atoms with Crippen molar-refractivity contribution in [3.63, 3.8) is 0 Å². The molecule has 17 heavy (non-hydrogen) atoms. The number of thiophene rings is 1. The largest absolute Gasteiger partial charge is 0.309 e. The molecular formula is C14H16BrNS. The third kappa shape index (κ3) is 2.97. The minimum atomic E-state index is 0.290. The molecule has 1 atom stereocenters. The van der Waals surface area contributed by atoms with Gasteiger partial charge < -0.3 is 5.32 Å². The predicted molar refractivity (Wildman–Crippen MR) is 78.7 cm³/mol. The number of nitrogens with one attached hydrogen (secondary N) is 1. The Morgan fingerprint density at radius 1 is 1.29 bits per heavy atom. The Hall–Kier alpha value is -0.640. The van der Waals surface area contributed by atoms with Gasteiger partial charge in [0.2, 0.25) is 0 Å². The quantitative estimate of drug-likeness (QED) is 0.883. The smallest absolute Gasteiger partial charge is 0.0702 e. The standard InChI is InChI=1S/C14H16BrNS/c1-3-10-5-4-6-11(9-10)14(16-2)12-7-8-13(15)17-12/h4-9,14,16H,3H2,1-2H3. The van der Waals surface area contributed by atoms with Crippen LogP contribution in [0.5, 0.6) is 0 Å². The van der Waals surface area contributed by atoms with E-state index < -0.39 is 0 Å². The molecule has 3 heteroatoms. The Morgan fingerprint density at radius 3 is 2.71 bits per heavy atom. The van der Waals surface area contributed by atoms with Gasteiger partial charge in [-0.15, -0.1) is 11.3 Å². The maximum absolute atomic E-state index is 3.52. The van der Waals surface area contributed by atoms with Gasteiger partial charge in [0, 0.05) is 4.88 Å². The predicted octanol–water partition coefficient (Wildman–Crippen LogP) is 4.38. The molecule has 2 rings (SSSR count). The summed E-state index contributed by atoms with van der Waals surface area (Å²) in [7, 11) is 2.01. The third-order valence-corrected chi connectivity index (χ3v) is 4.55. The molecule has 1 nitrogen and oxygen atoms in total. The van der Waals surface area contributed by atoms with Crippen molar-refractivity contribution < 1.29 is 0 Å². The normalized spacial score (nSPS) is 12.6. The third-order valence-electron chi connectivity index (χ3n) is 2.86. The van der Waals surface area contributed by atoms with Crippen molar-refractivity contribution in [2.24, 2.45) is 0 Å². The fraction of sp³-hybridized carbons (Fsp3) is 0.286. The molecule has 0 saturated carbocycles. The van der Waals surface area contributed by atoms with E-state index in [1.807, 2.05) is 7.05 Å². The first-order chi connectivity index (χ1) is 8.24. The minimum Gasteiger partial charge on any atom is -0.309 e. The fourth-order valence-electron chi connectivity index (χ4n) is 1.95. The van der Waals surface area contributed by atoms with E-state index >= 15 is 0 Å². The second kappa shape index (κ2) is 5.80. The molecule has 0 aliphatic rings. The van der Waals surface area contributed by atoms with Crippen molar-refractivity contribution in [3.05, 3.63) is 56.2 Å². The monoisotopic (exact) mass is 309 g/mol. The number of rotatable bonds is 4. The zero-order valence-corrected chi connectivity index (χ0v) is 12.4. The van der Waals surface area contributed by atoms with Gasteiger partial charge in [-0.05, 0) is 52.7 Å². The zero-order valence-electron chi connectivity index (χ0n) is 10.0. The van der Waals surface area contributed by atoms with Crippen LogP contribution >= 0.6 is 27.3 Å². The summed E-state index contributed by atoms with van der Waals surface area (Å²) in [5, 5.41) is 3.39. The van der Waals surface area contributed by atoms with Gasteiger partial charge in [-0.1, -0.05) is 31.2 Å². The molecule has 1 N–H and O–H groups in total. The van der Waals surface area contributed by atoms with Crippen LogP contribution in [-0.4, -0.2) is 7.05 Å². The van der Waals surface area contributed by atoms with Crippen LogP contribution in [0.25, 0.3) is 0 Å². The first-order valence-electron chi connectivity index (χ1n) is 5.76. The average Bonchev–Trinajstić information content (AvgIpc) is 2.77. The molecule has 2 aromatic rings. The maximum atomic E-state index is 3.52. The summed E-state index contributed by atoms with van der Waals surface area (Å²) in [6.07, 6.45) is 1.08. The molecule has 90 valence electrons. The molecule has 1 heterocycles. The van der Waals surface area contributed by atoms with E-state index in [4.69, 9.17) is 0 Å². The lowest BCUT2D eigenvalue weighted by Gasteiger charge is -2.15. The summed E-state index contributed by atoms with van der Waals surface area (Å²) in [5.74, 6) is 0. The van der Waals surface area contributed by atoms with Crippen LogP contribution < -0.4 is 5.32 Å². The molecule has 0 spiro atoms. The van der Waals surface area contributed by atoms with Gasteiger partial charge in [-0.25, -0.2) is 0 Å². The van der Waals surface area contributed by atoms with E-state index in [0.717, 1.165) is 6.42 Å². The summed E-state index contributed by atoms with van der Waals surface area (Å²) in [4.78, 5) is 1.34. The highest BCUT2D eigenvalue weighted by Crippen LogP contribution is 2.31. The van der Waals surface area contributed by atoms with Crippen LogP contribution in [0.3, 0.4) is 0 Å². The van der Waals surface area contributed by atoms with Gasteiger partial charge in [0.1, 0.15) is 0 Å². The molecule has 0 radical (unpaired) electrons. The van der Waals surface area contributed by atoms with Gasteiger partial charge in [-0.3, -0.25) is 0 Å². The molecule has 0 bridgehead atoms. The average molecular weight is 310 g/mol. The van der Waals surface area contributed by atoms with E-state index in [2.05, 4.69) is 64.6 Å². The van der Waals surface area contributed by atoms with Crippen LogP contribution in [0.15, 0.2) is 40.2 Å². The fourth-order valence-corrected chi connectivity index (χ4v) is 3.51. The Morgan fingerprint density at radius 2 is 2.12 bits per heavy atom. The Bertz CT molecular complexity index is 492. The second-order valence-electron chi connectivity index (χ2n) is 3.96. The SMILES string of the molecule is CCc1cccc(C(NC)c2ccc(Br)s2)c1. The second-order valence-corrected chi connectivity index (χ2v) is 6.46. The molecule has 0 aliphatic heterocycles. The lowest BCUT2D eigenvalue weighted by molar-refractivity contribution is 0.703. The molecule has 0 aliphatic carbocycles. The first kappa shape index (κ1) is 12.8. The van der Waals surface area contributed by atoms with Crippen LogP contribution in [-0.2, 0) is 6.42 Å². The molecule has 1 aromatic carbocycles. The van der Waals surface area contributed by atoms with E-state index in [9.17, 15) is 0 Å². The lowest BCUT2D eigenvalue weighted by Crippen LogP contribution is -2.16. The van der Waals surface area contributed by atoms with E-state index in [1.54, 1.807) is 11.3 Å². The van der Waals surface area contributed by atoms with Crippen LogP contribution in [0.1, 0.15) is 29.0 Å². The summed E-state index contributed by atoms with van der Waals surface area (Å²) >= 11 is 5.30. The van der Waals surface area contributed by atoms with Crippen LogP contribution in [0.2, 0.25) is 0 Å². The van der Waals surface area contributed by atoms with Crippen LogP contribution in [0, 0.1) is 0 Å². The molecule has 1 aromatic heterocycles. The van der Waals surface area contributed by atoms with E-state index in [1.165, 1.54) is 19.8 Å². The van der Waals surface area contributed by atoms with Gasteiger partial charge in [0.15, 0.2) is 0 Å². The van der Waals surface area contributed by atoms with Crippen molar-refractivity contribution in [2.75, 3.05) is 7.05 Å². The van der Waals surface area contributed by atoms with Crippen molar-refractivity contribution in [1.29, 1.82) is 0 Å². The topological polar surface area (TPSA) is 12.0 Å². The molecule has 0 saturated heterocycles. The van der Waals surface area contributed by atoms with E-state index in [0.29, 0.717) is 0 Å². The van der Waals surface area contributed by atoms with Gasteiger partial charge in [0.25, 0.3) is 0 Å².